The number of halogens is 6. The number of nitrogens with one attached hydrogen (secondary N) is 1. The summed E-state index contributed by atoms with van der Waals surface area (Å²) in [6.45, 7) is -0.467. The Hall–Kier alpha value is -2.46. The van der Waals surface area contributed by atoms with Gasteiger partial charge in [-0.3, -0.25) is 0 Å². The quantitative estimate of drug-likeness (QED) is 0.844. The summed E-state index contributed by atoms with van der Waals surface area (Å²) >= 11 is 0. The summed E-state index contributed by atoms with van der Waals surface area (Å²) in [6.07, 6.45) is -11.5. The third kappa shape index (κ3) is 4.30. The highest BCUT2D eigenvalue weighted by molar-refractivity contribution is 6.06. The van der Waals surface area contributed by atoms with Gasteiger partial charge in [-0.2, -0.15) is 31.4 Å². The number of rotatable bonds is 3. The summed E-state index contributed by atoms with van der Waals surface area (Å²) in [5, 5.41) is 3.60. The van der Waals surface area contributed by atoms with E-state index in [9.17, 15) is 31.1 Å². The van der Waals surface area contributed by atoms with E-state index >= 15 is 0 Å². The zero-order valence-electron chi connectivity index (χ0n) is 12.0. The number of carbonyl (C=O) groups is 1. The van der Waals surface area contributed by atoms with Gasteiger partial charge in [0.1, 0.15) is 17.6 Å². The summed E-state index contributed by atoms with van der Waals surface area (Å²) in [6, 6.07) is 2.44. The normalized spacial score (nSPS) is 18.5. The molecule has 0 aromatic heterocycles. The van der Waals surface area contributed by atoms with Crippen LogP contribution >= 0.6 is 0 Å². The van der Waals surface area contributed by atoms with E-state index in [2.05, 4.69) is 9.84 Å². The highest BCUT2D eigenvalue weighted by atomic mass is 19.4. The van der Waals surface area contributed by atoms with Gasteiger partial charge in [-0.15, -0.1) is 0 Å². The van der Waals surface area contributed by atoms with Crippen molar-refractivity contribution in [1.82, 2.24) is 5.43 Å². The number of hydrogen-bond donors (Lipinski definition) is 1. The molecular weight excluding hydrogens is 346 g/mol. The van der Waals surface area contributed by atoms with Crippen LogP contribution in [0.15, 0.2) is 23.3 Å². The Kier molecular flexibility index (Phi) is 4.63. The Labute approximate surface area is 131 Å². The molecule has 1 aromatic rings. The standard InChI is InChI=1S/C13H10F6N2O3/c1-6-10(20-21-11(22)24-6)7-2-3-9(23-5-12(14,15)16)8(4-7)13(17,18)19/h2-4,6H,5H2,1H3,(H,21,22)/t6-/m0/s1. The average Bonchev–Trinajstić information content (AvgIpc) is 2.43. The van der Waals surface area contributed by atoms with E-state index in [4.69, 9.17) is 4.74 Å². The molecule has 0 fully saturated rings. The van der Waals surface area contributed by atoms with Crippen molar-refractivity contribution in [2.75, 3.05) is 6.61 Å². The highest BCUT2D eigenvalue weighted by Gasteiger charge is 2.37. The van der Waals surface area contributed by atoms with Gasteiger partial charge in [0.2, 0.25) is 0 Å². The molecule has 1 amide bonds. The Morgan fingerprint density at radius 3 is 2.46 bits per heavy atom. The van der Waals surface area contributed by atoms with Crippen LogP contribution in [0.1, 0.15) is 18.1 Å². The van der Waals surface area contributed by atoms with Gasteiger partial charge in [-0.05, 0) is 25.1 Å². The number of cyclic esters (lactones) is 1. The number of nitrogens with zero attached hydrogens (tertiary/aromatic N) is 1. The van der Waals surface area contributed by atoms with Crippen LogP contribution in [0, 0.1) is 0 Å². The maximum atomic E-state index is 13.1. The second-order valence-corrected chi connectivity index (χ2v) is 4.77. The lowest BCUT2D eigenvalue weighted by Gasteiger charge is -2.22. The van der Waals surface area contributed by atoms with E-state index in [0.29, 0.717) is 6.07 Å². The van der Waals surface area contributed by atoms with Crippen molar-refractivity contribution in [2.24, 2.45) is 5.10 Å². The van der Waals surface area contributed by atoms with E-state index in [1.807, 2.05) is 5.43 Å². The molecule has 0 saturated heterocycles. The van der Waals surface area contributed by atoms with Crippen molar-refractivity contribution in [3.05, 3.63) is 29.3 Å². The molecular formula is C13H10F6N2O3. The van der Waals surface area contributed by atoms with Gasteiger partial charge in [0.25, 0.3) is 0 Å². The molecule has 0 unspecified atom stereocenters. The summed E-state index contributed by atoms with van der Waals surface area (Å²) in [4.78, 5) is 11.0. The number of carbonyl (C=O) groups excluding carboxylic acids is 1. The van der Waals surface area contributed by atoms with Crippen molar-refractivity contribution >= 4 is 11.8 Å². The molecule has 24 heavy (non-hydrogen) atoms. The molecule has 5 nitrogen and oxygen atoms in total. The summed E-state index contributed by atoms with van der Waals surface area (Å²) in [7, 11) is 0. The average molecular weight is 356 g/mol. The zero-order valence-corrected chi connectivity index (χ0v) is 12.0. The lowest BCUT2D eigenvalue weighted by Crippen LogP contribution is -2.37. The minimum atomic E-state index is -4.94. The lowest BCUT2D eigenvalue weighted by atomic mass is 10.0. The maximum Gasteiger partial charge on any atom is 0.428 e. The molecule has 0 spiro atoms. The minimum absolute atomic E-state index is 0.0116. The number of benzene rings is 1. The molecule has 0 radical (unpaired) electrons. The van der Waals surface area contributed by atoms with Crippen LogP contribution in [-0.4, -0.2) is 30.7 Å². The van der Waals surface area contributed by atoms with Gasteiger partial charge in [0.05, 0.1) is 5.56 Å². The molecule has 11 heteroatoms. The summed E-state index contributed by atoms with van der Waals surface area (Å²) in [5.74, 6) is -0.961. The molecule has 1 aliphatic rings. The SMILES string of the molecule is C[C@@H]1OC(=O)NN=C1c1ccc(OCC(F)(F)F)c(C(F)(F)F)c1. The maximum absolute atomic E-state index is 13.1. The van der Waals surface area contributed by atoms with Crippen LogP contribution in [0.25, 0.3) is 0 Å². The van der Waals surface area contributed by atoms with Gasteiger partial charge in [-0.25, -0.2) is 10.2 Å². The lowest BCUT2D eigenvalue weighted by molar-refractivity contribution is -0.158. The molecule has 2 rings (SSSR count). The fraction of sp³-hybridized carbons (Fsp3) is 0.385. The van der Waals surface area contributed by atoms with Gasteiger partial charge < -0.3 is 9.47 Å². The number of hydrogen-bond acceptors (Lipinski definition) is 4. The molecule has 1 N–H and O–H groups in total. The van der Waals surface area contributed by atoms with Crippen LogP contribution in [0.5, 0.6) is 5.75 Å². The smallest absolute Gasteiger partial charge is 0.428 e. The van der Waals surface area contributed by atoms with Crippen LogP contribution in [0.2, 0.25) is 0 Å². The van der Waals surface area contributed by atoms with Crippen molar-refractivity contribution in [3.8, 4) is 5.75 Å². The first-order valence-electron chi connectivity index (χ1n) is 6.43. The molecule has 132 valence electrons. The molecule has 1 aliphatic heterocycles. The van der Waals surface area contributed by atoms with Gasteiger partial charge >= 0.3 is 18.4 Å². The third-order valence-electron chi connectivity index (χ3n) is 2.91. The molecule has 0 saturated carbocycles. The first-order chi connectivity index (χ1) is 11.0. The first kappa shape index (κ1) is 17.9. The van der Waals surface area contributed by atoms with Crippen LogP contribution in [-0.2, 0) is 10.9 Å². The molecule has 1 atom stereocenters. The zero-order chi connectivity index (χ0) is 18.1. The number of ether oxygens (including phenoxy) is 2. The van der Waals surface area contributed by atoms with Gasteiger partial charge in [-0.1, -0.05) is 0 Å². The second-order valence-electron chi connectivity index (χ2n) is 4.77. The number of alkyl halides is 6. The Morgan fingerprint density at radius 2 is 1.92 bits per heavy atom. The molecule has 0 aliphatic carbocycles. The largest absolute Gasteiger partial charge is 0.483 e. The fourth-order valence-electron chi connectivity index (χ4n) is 1.94. The van der Waals surface area contributed by atoms with Crippen LogP contribution in [0.4, 0.5) is 31.1 Å². The molecule has 1 aromatic carbocycles. The molecule has 1 heterocycles. The summed E-state index contributed by atoms with van der Waals surface area (Å²) in [5.41, 5.74) is 0.465. The predicted molar refractivity (Wildman–Crippen MR) is 68.6 cm³/mol. The highest BCUT2D eigenvalue weighted by Crippen LogP contribution is 2.37. The second kappa shape index (κ2) is 6.21. The van der Waals surface area contributed by atoms with Crippen LogP contribution in [0.3, 0.4) is 0 Å². The van der Waals surface area contributed by atoms with Crippen molar-refractivity contribution < 1.29 is 40.6 Å². The Bertz CT molecular complexity index is 669. The Morgan fingerprint density at radius 1 is 1.25 bits per heavy atom. The number of hydrazone groups is 1. The topological polar surface area (TPSA) is 59.9 Å². The third-order valence-corrected chi connectivity index (χ3v) is 2.91. The van der Waals surface area contributed by atoms with E-state index in [1.165, 1.54) is 6.92 Å². The van der Waals surface area contributed by atoms with Crippen molar-refractivity contribution in [1.29, 1.82) is 0 Å². The molecule has 0 bridgehead atoms. The minimum Gasteiger partial charge on any atom is -0.483 e. The monoisotopic (exact) mass is 356 g/mol. The van der Waals surface area contributed by atoms with E-state index in [-0.39, 0.29) is 11.3 Å². The Balaban J connectivity index is 2.38. The van der Waals surface area contributed by atoms with Crippen LogP contribution < -0.4 is 10.2 Å². The van der Waals surface area contributed by atoms with Crippen molar-refractivity contribution in [2.45, 2.75) is 25.4 Å². The van der Waals surface area contributed by atoms with Gasteiger partial charge in [0, 0.05) is 5.56 Å². The van der Waals surface area contributed by atoms with E-state index in [0.717, 1.165) is 12.1 Å². The van der Waals surface area contributed by atoms with Gasteiger partial charge in [0.15, 0.2) is 6.61 Å². The van der Waals surface area contributed by atoms with E-state index in [1.54, 1.807) is 0 Å². The summed E-state index contributed by atoms with van der Waals surface area (Å²) < 4.78 is 84.6. The van der Waals surface area contributed by atoms with E-state index < -0.39 is 42.5 Å². The fourth-order valence-corrected chi connectivity index (χ4v) is 1.94. The predicted octanol–water partition coefficient (Wildman–Crippen LogP) is 3.48. The van der Waals surface area contributed by atoms with Crippen molar-refractivity contribution in [3.63, 3.8) is 0 Å². The number of amides is 1. The first-order valence-corrected chi connectivity index (χ1v) is 6.43.